The maximum absolute atomic E-state index is 10.9. The van der Waals surface area contributed by atoms with Crippen molar-refractivity contribution in [3.05, 3.63) is 22.2 Å². The van der Waals surface area contributed by atoms with Gasteiger partial charge in [0.2, 0.25) is 6.79 Å². The Kier molecular flexibility index (Phi) is 3.92. The van der Waals surface area contributed by atoms with Gasteiger partial charge in [-0.25, -0.2) is 0 Å². The molecule has 6 nitrogen and oxygen atoms in total. The Morgan fingerprint density at radius 1 is 1.53 bits per heavy atom. The van der Waals surface area contributed by atoms with Crippen molar-refractivity contribution >= 4 is 23.9 Å². The second-order valence-electron chi connectivity index (χ2n) is 4.08. The van der Waals surface area contributed by atoms with Gasteiger partial charge < -0.3 is 20.3 Å². The van der Waals surface area contributed by atoms with Crippen LogP contribution >= 0.6 is 11.6 Å². The number of rotatable bonds is 5. The zero-order valence-electron chi connectivity index (χ0n) is 9.89. The van der Waals surface area contributed by atoms with E-state index < -0.39 is 12.0 Å². The van der Waals surface area contributed by atoms with Crippen LogP contribution in [0.5, 0.6) is 11.5 Å². The first-order chi connectivity index (χ1) is 9.04. The lowest BCUT2D eigenvalue weighted by atomic mass is 9.99. The van der Waals surface area contributed by atoms with Crippen molar-refractivity contribution in [1.82, 2.24) is 0 Å². The molecule has 1 atom stereocenters. The largest absolute Gasteiger partial charge is 0.481 e. The Labute approximate surface area is 114 Å². The number of carboxylic acid groups (broad SMARTS) is 1. The predicted molar refractivity (Wildman–Crippen MR) is 66.8 cm³/mol. The van der Waals surface area contributed by atoms with Gasteiger partial charge in [-0.2, -0.15) is 0 Å². The lowest BCUT2D eigenvalue weighted by molar-refractivity contribution is -0.137. The molecule has 102 valence electrons. The number of carboxylic acids is 1. The summed E-state index contributed by atoms with van der Waals surface area (Å²) < 4.78 is 10.5. The van der Waals surface area contributed by atoms with Crippen LogP contribution in [-0.2, 0) is 4.79 Å². The van der Waals surface area contributed by atoms with Crippen molar-refractivity contribution in [3.8, 4) is 11.5 Å². The maximum Gasteiger partial charge on any atom is 0.303 e. The third-order valence-corrected chi connectivity index (χ3v) is 3.14. The Balaban J connectivity index is 2.38. The van der Waals surface area contributed by atoms with Gasteiger partial charge in [0.05, 0.1) is 10.6 Å². The van der Waals surface area contributed by atoms with Gasteiger partial charge in [0.25, 0.3) is 0 Å². The molecule has 1 aliphatic rings. The number of ether oxygens (including phenoxy) is 2. The smallest absolute Gasteiger partial charge is 0.303 e. The van der Waals surface area contributed by atoms with Crippen molar-refractivity contribution in [3.63, 3.8) is 0 Å². The Bertz CT molecular complexity index is 531. The fourth-order valence-corrected chi connectivity index (χ4v) is 2.28. The SMILES string of the molecule is NC(CCC(=O)O)c1c(Cl)cc(C=O)c2c1OCO2. The normalized spacial score (nSPS) is 14.2. The molecule has 1 aliphatic heterocycles. The molecule has 7 heteroatoms. The number of hydrogen-bond acceptors (Lipinski definition) is 5. The predicted octanol–water partition coefficient (Wildman–Crippen LogP) is 1.75. The van der Waals surface area contributed by atoms with E-state index in [1.165, 1.54) is 6.07 Å². The minimum atomic E-state index is -0.940. The highest BCUT2D eigenvalue weighted by Crippen LogP contribution is 2.45. The topological polar surface area (TPSA) is 98.9 Å². The third-order valence-electron chi connectivity index (χ3n) is 2.83. The fraction of sp³-hybridized carbons (Fsp3) is 0.333. The molecule has 1 heterocycles. The van der Waals surface area contributed by atoms with E-state index in [1.807, 2.05) is 0 Å². The molecule has 0 saturated heterocycles. The summed E-state index contributed by atoms with van der Waals surface area (Å²) in [4.78, 5) is 21.5. The Morgan fingerprint density at radius 2 is 2.21 bits per heavy atom. The summed E-state index contributed by atoms with van der Waals surface area (Å²) in [5, 5.41) is 8.93. The van der Waals surface area contributed by atoms with Crippen molar-refractivity contribution in [1.29, 1.82) is 0 Å². The first-order valence-electron chi connectivity index (χ1n) is 5.59. The average molecular weight is 286 g/mol. The summed E-state index contributed by atoms with van der Waals surface area (Å²) >= 11 is 6.08. The van der Waals surface area contributed by atoms with Crippen LogP contribution in [0.1, 0.15) is 34.8 Å². The standard InChI is InChI=1S/C12H12ClNO5/c13-7-3-6(4-15)11-12(19-5-18-11)10(7)8(14)1-2-9(16)17/h3-4,8H,1-2,5,14H2,(H,16,17). The molecule has 0 amide bonds. The number of benzene rings is 1. The first-order valence-corrected chi connectivity index (χ1v) is 5.97. The Morgan fingerprint density at radius 3 is 2.84 bits per heavy atom. The van der Waals surface area contributed by atoms with E-state index in [-0.39, 0.29) is 30.2 Å². The zero-order chi connectivity index (χ0) is 14.0. The number of halogens is 1. The quantitative estimate of drug-likeness (QED) is 0.800. The summed E-state index contributed by atoms with van der Waals surface area (Å²) in [5.74, 6) is -0.308. The van der Waals surface area contributed by atoms with Gasteiger partial charge in [0, 0.05) is 18.0 Å². The molecule has 1 unspecified atom stereocenters. The van der Waals surface area contributed by atoms with Crippen LogP contribution in [0, 0.1) is 0 Å². The first kappa shape index (κ1) is 13.6. The van der Waals surface area contributed by atoms with Crippen LogP contribution in [0.3, 0.4) is 0 Å². The highest BCUT2D eigenvalue weighted by atomic mass is 35.5. The second kappa shape index (κ2) is 5.46. The van der Waals surface area contributed by atoms with Gasteiger partial charge >= 0.3 is 5.97 Å². The van der Waals surface area contributed by atoms with E-state index in [9.17, 15) is 9.59 Å². The van der Waals surface area contributed by atoms with E-state index in [1.54, 1.807) is 0 Å². The zero-order valence-corrected chi connectivity index (χ0v) is 10.6. The van der Waals surface area contributed by atoms with Crippen LogP contribution in [0.25, 0.3) is 0 Å². The summed E-state index contributed by atoms with van der Waals surface area (Å²) in [5.41, 5.74) is 6.69. The van der Waals surface area contributed by atoms with Crippen LogP contribution in [0.2, 0.25) is 5.02 Å². The van der Waals surface area contributed by atoms with E-state index >= 15 is 0 Å². The number of carbonyl (C=O) groups excluding carboxylic acids is 1. The molecule has 1 aromatic carbocycles. The molecule has 0 fully saturated rings. The molecule has 0 spiro atoms. The minimum Gasteiger partial charge on any atom is -0.481 e. The summed E-state index contributed by atoms with van der Waals surface area (Å²) in [6.07, 6.45) is 0.750. The van der Waals surface area contributed by atoms with Crippen molar-refractivity contribution in [2.24, 2.45) is 5.73 Å². The molecule has 19 heavy (non-hydrogen) atoms. The van der Waals surface area contributed by atoms with Gasteiger partial charge in [0.1, 0.15) is 0 Å². The molecule has 1 aromatic rings. The molecule has 3 N–H and O–H groups in total. The molecular formula is C12H12ClNO5. The highest BCUT2D eigenvalue weighted by molar-refractivity contribution is 6.32. The van der Waals surface area contributed by atoms with Gasteiger partial charge in [-0.05, 0) is 12.5 Å². The van der Waals surface area contributed by atoms with Crippen LogP contribution in [-0.4, -0.2) is 24.2 Å². The monoisotopic (exact) mass is 285 g/mol. The molecule has 0 aliphatic carbocycles. The fourth-order valence-electron chi connectivity index (χ4n) is 1.94. The van der Waals surface area contributed by atoms with Crippen LogP contribution in [0.15, 0.2) is 6.07 Å². The van der Waals surface area contributed by atoms with Gasteiger partial charge in [0.15, 0.2) is 17.8 Å². The molecule has 0 saturated carbocycles. The molecule has 0 radical (unpaired) electrons. The third kappa shape index (κ3) is 2.64. The lowest BCUT2D eigenvalue weighted by Gasteiger charge is -2.16. The minimum absolute atomic E-state index is 0.0187. The maximum atomic E-state index is 10.9. The van der Waals surface area contributed by atoms with E-state index in [2.05, 4.69) is 0 Å². The van der Waals surface area contributed by atoms with Crippen LogP contribution < -0.4 is 15.2 Å². The summed E-state index contributed by atoms with van der Waals surface area (Å²) in [6.45, 7) is -0.0187. The Hall–Kier alpha value is -1.79. The lowest BCUT2D eigenvalue weighted by Crippen LogP contribution is -2.14. The number of aldehydes is 1. The number of aliphatic carboxylic acids is 1. The van der Waals surface area contributed by atoms with E-state index in [0.717, 1.165) is 0 Å². The molecule has 0 bridgehead atoms. The number of fused-ring (bicyclic) bond motifs is 1. The van der Waals surface area contributed by atoms with Crippen LogP contribution in [0.4, 0.5) is 0 Å². The molecular weight excluding hydrogens is 274 g/mol. The molecule has 2 rings (SSSR count). The molecule has 0 aromatic heterocycles. The second-order valence-corrected chi connectivity index (χ2v) is 4.49. The van der Waals surface area contributed by atoms with Crippen molar-refractivity contribution in [2.45, 2.75) is 18.9 Å². The number of carbonyl (C=O) groups is 2. The van der Waals surface area contributed by atoms with Gasteiger partial charge in [-0.15, -0.1) is 0 Å². The van der Waals surface area contributed by atoms with E-state index in [0.29, 0.717) is 23.3 Å². The van der Waals surface area contributed by atoms with Crippen molar-refractivity contribution < 1.29 is 24.2 Å². The number of nitrogens with two attached hydrogens (primary N) is 1. The summed E-state index contributed by atoms with van der Waals surface area (Å²) in [7, 11) is 0. The van der Waals surface area contributed by atoms with Gasteiger partial charge in [-0.3, -0.25) is 9.59 Å². The van der Waals surface area contributed by atoms with Gasteiger partial charge in [-0.1, -0.05) is 11.6 Å². The average Bonchev–Trinajstić information content (AvgIpc) is 2.83. The van der Waals surface area contributed by atoms with E-state index in [4.69, 9.17) is 31.9 Å². The van der Waals surface area contributed by atoms with Crippen molar-refractivity contribution in [2.75, 3.05) is 6.79 Å². The summed E-state index contributed by atoms with van der Waals surface area (Å²) in [6, 6.07) is 0.845. The number of hydrogen-bond donors (Lipinski definition) is 2. The highest BCUT2D eigenvalue weighted by Gasteiger charge is 2.27.